The number of rotatable bonds is 4. The monoisotopic (exact) mass is 261 g/mol. The van der Waals surface area contributed by atoms with Gasteiger partial charge in [-0.2, -0.15) is 0 Å². The van der Waals surface area contributed by atoms with Crippen molar-refractivity contribution in [3.63, 3.8) is 0 Å². The molecule has 0 aliphatic carbocycles. The zero-order valence-electron chi connectivity index (χ0n) is 10.6. The lowest BCUT2D eigenvalue weighted by atomic mass is 10.1. The molecule has 19 heavy (non-hydrogen) atoms. The Kier molecular flexibility index (Phi) is 4.02. The van der Waals surface area contributed by atoms with Gasteiger partial charge in [0, 0.05) is 17.7 Å². The van der Waals surface area contributed by atoms with E-state index in [2.05, 4.69) is 0 Å². The molecule has 1 unspecified atom stereocenters. The predicted molar refractivity (Wildman–Crippen MR) is 71.4 cm³/mol. The van der Waals surface area contributed by atoms with Crippen molar-refractivity contribution in [1.82, 2.24) is 0 Å². The second-order valence-corrected chi connectivity index (χ2v) is 4.43. The minimum absolute atomic E-state index is 0.205. The quantitative estimate of drug-likeness (QED) is 0.889. The first-order chi connectivity index (χ1) is 9.06. The van der Waals surface area contributed by atoms with Gasteiger partial charge in [0.25, 0.3) is 0 Å². The highest BCUT2D eigenvalue weighted by atomic mass is 19.1. The molecule has 0 bridgehead atoms. The molecule has 0 aliphatic heterocycles. The third-order valence-electron chi connectivity index (χ3n) is 2.80. The fraction of sp³-hybridized carbons (Fsp3) is 0.200. The van der Waals surface area contributed by atoms with Crippen molar-refractivity contribution in [2.45, 2.75) is 19.6 Å². The van der Waals surface area contributed by atoms with E-state index in [9.17, 15) is 4.39 Å². The Hall–Kier alpha value is -2.07. The van der Waals surface area contributed by atoms with Gasteiger partial charge in [-0.05, 0) is 30.7 Å². The highest BCUT2D eigenvalue weighted by Gasteiger charge is 2.08. The highest BCUT2D eigenvalue weighted by Crippen LogP contribution is 2.21. The molecular formula is C15H16FNO2. The molecule has 0 fully saturated rings. The van der Waals surface area contributed by atoms with Gasteiger partial charge in [0.2, 0.25) is 0 Å². The van der Waals surface area contributed by atoms with Gasteiger partial charge in [0.15, 0.2) is 0 Å². The molecule has 0 radical (unpaired) electrons. The van der Waals surface area contributed by atoms with Crippen LogP contribution in [0.3, 0.4) is 0 Å². The summed E-state index contributed by atoms with van der Waals surface area (Å²) in [4.78, 5) is 0. The van der Waals surface area contributed by atoms with Gasteiger partial charge in [-0.25, -0.2) is 4.39 Å². The number of aromatic hydroxyl groups is 1. The van der Waals surface area contributed by atoms with Crippen molar-refractivity contribution in [1.29, 1.82) is 0 Å². The third-order valence-corrected chi connectivity index (χ3v) is 2.80. The lowest BCUT2D eigenvalue weighted by Gasteiger charge is -2.10. The van der Waals surface area contributed by atoms with Crippen LogP contribution in [0.4, 0.5) is 4.39 Å². The number of hydrogen-bond donors (Lipinski definition) is 2. The summed E-state index contributed by atoms with van der Waals surface area (Å²) in [6.07, 6.45) is 0. The van der Waals surface area contributed by atoms with Crippen molar-refractivity contribution in [3.8, 4) is 11.5 Å². The van der Waals surface area contributed by atoms with Gasteiger partial charge >= 0.3 is 0 Å². The van der Waals surface area contributed by atoms with Crippen molar-refractivity contribution >= 4 is 0 Å². The van der Waals surface area contributed by atoms with Crippen molar-refractivity contribution in [2.24, 2.45) is 5.73 Å². The summed E-state index contributed by atoms with van der Waals surface area (Å²) in [7, 11) is 0. The molecule has 0 spiro atoms. The molecule has 0 saturated carbocycles. The Labute approximate surface area is 111 Å². The summed E-state index contributed by atoms with van der Waals surface area (Å²) in [6, 6.07) is 11.0. The van der Waals surface area contributed by atoms with Crippen LogP contribution in [0.25, 0.3) is 0 Å². The third kappa shape index (κ3) is 3.45. The predicted octanol–water partition coefficient (Wildman–Crippen LogP) is 3.13. The molecule has 0 amide bonds. The molecule has 1 atom stereocenters. The molecule has 0 aromatic heterocycles. The molecular weight excluding hydrogens is 245 g/mol. The number of nitrogens with two attached hydrogens (primary N) is 1. The van der Waals surface area contributed by atoms with Crippen LogP contribution in [-0.4, -0.2) is 5.11 Å². The first kappa shape index (κ1) is 13.4. The number of hydrogen-bond acceptors (Lipinski definition) is 3. The van der Waals surface area contributed by atoms with Gasteiger partial charge < -0.3 is 15.6 Å². The van der Waals surface area contributed by atoms with Gasteiger partial charge in [-0.1, -0.05) is 18.2 Å². The van der Waals surface area contributed by atoms with E-state index < -0.39 is 0 Å². The van der Waals surface area contributed by atoms with E-state index in [1.165, 1.54) is 6.07 Å². The van der Waals surface area contributed by atoms with Gasteiger partial charge in [0.1, 0.15) is 23.9 Å². The lowest BCUT2D eigenvalue weighted by Crippen LogP contribution is -2.07. The SMILES string of the molecule is CC(N)c1ccc(OCc2ccc(O)cc2)cc1F. The molecule has 100 valence electrons. The van der Waals surface area contributed by atoms with E-state index in [0.29, 0.717) is 17.9 Å². The van der Waals surface area contributed by atoms with E-state index in [0.717, 1.165) is 5.56 Å². The van der Waals surface area contributed by atoms with E-state index >= 15 is 0 Å². The second kappa shape index (κ2) is 5.71. The average Bonchev–Trinajstić information content (AvgIpc) is 2.37. The first-order valence-corrected chi connectivity index (χ1v) is 6.02. The number of ether oxygens (including phenoxy) is 1. The van der Waals surface area contributed by atoms with Crippen LogP contribution < -0.4 is 10.5 Å². The van der Waals surface area contributed by atoms with E-state index in [4.69, 9.17) is 15.6 Å². The maximum atomic E-state index is 13.7. The average molecular weight is 261 g/mol. The summed E-state index contributed by atoms with van der Waals surface area (Å²) in [6.45, 7) is 2.05. The zero-order chi connectivity index (χ0) is 13.8. The standard InChI is InChI=1S/C15H16FNO2/c1-10(17)14-7-6-13(8-15(14)16)19-9-11-2-4-12(18)5-3-11/h2-8,10,18H,9,17H2,1H3. The Bertz CT molecular complexity index is 553. The van der Waals surface area contributed by atoms with Crippen LogP contribution in [0, 0.1) is 5.82 Å². The highest BCUT2D eigenvalue weighted by molar-refractivity contribution is 5.31. The summed E-state index contributed by atoms with van der Waals surface area (Å²) < 4.78 is 19.2. The first-order valence-electron chi connectivity index (χ1n) is 6.02. The van der Waals surface area contributed by atoms with Crippen LogP contribution in [0.15, 0.2) is 42.5 Å². The lowest BCUT2D eigenvalue weighted by molar-refractivity contribution is 0.304. The molecule has 2 aromatic rings. The maximum absolute atomic E-state index is 13.7. The van der Waals surface area contributed by atoms with E-state index in [1.54, 1.807) is 43.3 Å². The molecule has 3 nitrogen and oxygen atoms in total. The zero-order valence-corrected chi connectivity index (χ0v) is 10.6. The molecule has 4 heteroatoms. The minimum atomic E-state index is -0.363. The van der Waals surface area contributed by atoms with Crippen molar-refractivity contribution < 1.29 is 14.2 Å². The Morgan fingerprint density at radius 3 is 2.47 bits per heavy atom. The fourth-order valence-electron chi connectivity index (χ4n) is 1.73. The summed E-state index contributed by atoms with van der Waals surface area (Å²) in [5.41, 5.74) is 7.01. The maximum Gasteiger partial charge on any atom is 0.131 e. The van der Waals surface area contributed by atoms with Gasteiger partial charge in [-0.3, -0.25) is 0 Å². The number of phenols is 1. The molecule has 3 N–H and O–H groups in total. The molecule has 0 aliphatic rings. The molecule has 0 saturated heterocycles. The topological polar surface area (TPSA) is 55.5 Å². The van der Waals surface area contributed by atoms with Gasteiger partial charge in [0.05, 0.1) is 0 Å². The number of halogens is 1. The largest absolute Gasteiger partial charge is 0.508 e. The summed E-state index contributed by atoms with van der Waals surface area (Å²) in [5.74, 6) is 0.296. The van der Waals surface area contributed by atoms with Crippen LogP contribution in [-0.2, 0) is 6.61 Å². The second-order valence-electron chi connectivity index (χ2n) is 4.43. The Morgan fingerprint density at radius 2 is 1.89 bits per heavy atom. The van der Waals surface area contributed by atoms with E-state index in [1.807, 2.05) is 0 Å². The van der Waals surface area contributed by atoms with Crippen LogP contribution >= 0.6 is 0 Å². The van der Waals surface area contributed by atoms with Crippen LogP contribution in [0.2, 0.25) is 0 Å². The Balaban J connectivity index is 2.04. The molecule has 2 rings (SSSR count). The number of phenolic OH excluding ortho intramolecular Hbond substituents is 1. The number of benzene rings is 2. The Morgan fingerprint density at radius 1 is 1.21 bits per heavy atom. The summed E-state index contributed by atoms with van der Waals surface area (Å²) >= 11 is 0. The van der Waals surface area contributed by atoms with Gasteiger partial charge in [-0.15, -0.1) is 0 Å². The van der Waals surface area contributed by atoms with E-state index in [-0.39, 0.29) is 17.6 Å². The molecule has 2 aromatic carbocycles. The fourth-order valence-corrected chi connectivity index (χ4v) is 1.73. The van der Waals surface area contributed by atoms with Crippen LogP contribution in [0.1, 0.15) is 24.1 Å². The summed E-state index contributed by atoms with van der Waals surface area (Å²) in [5, 5.41) is 9.16. The van der Waals surface area contributed by atoms with Crippen molar-refractivity contribution in [2.75, 3.05) is 0 Å². The minimum Gasteiger partial charge on any atom is -0.508 e. The smallest absolute Gasteiger partial charge is 0.131 e. The normalized spacial score (nSPS) is 12.2. The van der Waals surface area contributed by atoms with Crippen molar-refractivity contribution in [3.05, 3.63) is 59.4 Å². The molecule has 0 heterocycles. The van der Waals surface area contributed by atoms with Crippen LogP contribution in [0.5, 0.6) is 11.5 Å².